The van der Waals surface area contributed by atoms with Crippen molar-refractivity contribution in [1.82, 2.24) is 9.97 Å². The van der Waals surface area contributed by atoms with Crippen molar-refractivity contribution >= 4 is 22.6 Å². The summed E-state index contributed by atoms with van der Waals surface area (Å²) < 4.78 is 6.24. The normalized spacial score (nSPS) is 10.7. The standard InChI is InChI=1S/C14H15IN2O2/c1-9(2)13-12(15)14(18)17-11(16-13)8-19-10-6-4-3-5-7-10/h3-7,9H,8H2,1-2H3,(H,16,17,18). The van der Waals surface area contributed by atoms with Crippen molar-refractivity contribution in [3.63, 3.8) is 0 Å². The van der Waals surface area contributed by atoms with Crippen LogP contribution in [0, 0.1) is 3.57 Å². The number of nitrogens with one attached hydrogen (secondary N) is 1. The molecule has 0 aliphatic carbocycles. The number of H-pyrrole nitrogens is 1. The molecule has 0 aliphatic rings. The van der Waals surface area contributed by atoms with Gasteiger partial charge in [-0.05, 0) is 40.6 Å². The lowest BCUT2D eigenvalue weighted by molar-refractivity contribution is 0.294. The SMILES string of the molecule is CC(C)c1nc(COc2ccccc2)[nH]c(=O)c1I. The first-order chi connectivity index (χ1) is 9.08. The molecule has 0 bridgehead atoms. The van der Waals surface area contributed by atoms with Gasteiger partial charge in [-0.1, -0.05) is 32.0 Å². The number of nitrogens with zero attached hydrogens (tertiary/aromatic N) is 1. The van der Waals surface area contributed by atoms with Gasteiger partial charge in [-0.2, -0.15) is 0 Å². The van der Waals surface area contributed by atoms with Gasteiger partial charge < -0.3 is 9.72 Å². The van der Waals surface area contributed by atoms with E-state index in [1.807, 2.05) is 66.8 Å². The highest BCUT2D eigenvalue weighted by atomic mass is 127. The molecule has 0 aliphatic heterocycles. The third kappa shape index (κ3) is 3.56. The van der Waals surface area contributed by atoms with Gasteiger partial charge >= 0.3 is 0 Å². The molecule has 0 saturated heterocycles. The molecule has 1 aromatic carbocycles. The molecule has 2 rings (SSSR count). The third-order valence-electron chi connectivity index (χ3n) is 2.60. The molecular formula is C14H15IN2O2. The topological polar surface area (TPSA) is 55.0 Å². The number of hydrogen-bond acceptors (Lipinski definition) is 3. The van der Waals surface area contributed by atoms with Crippen molar-refractivity contribution in [2.24, 2.45) is 0 Å². The first-order valence-corrected chi connectivity index (χ1v) is 7.12. The van der Waals surface area contributed by atoms with E-state index in [4.69, 9.17) is 4.74 Å². The second kappa shape index (κ2) is 6.18. The van der Waals surface area contributed by atoms with Crippen molar-refractivity contribution in [3.8, 4) is 5.75 Å². The van der Waals surface area contributed by atoms with Gasteiger partial charge in [0, 0.05) is 0 Å². The summed E-state index contributed by atoms with van der Waals surface area (Å²) >= 11 is 2.03. The van der Waals surface area contributed by atoms with Crippen LogP contribution in [0.1, 0.15) is 31.3 Å². The van der Waals surface area contributed by atoms with Crippen molar-refractivity contribution < 1.29 is 4.74 Å². The van der Waals surface area contributed by atoms with Gasteiger partial charge in [0.05, 0.1) is 9.26 Å². The van der Waals surface area contributed by atoms with Crippen LogP contribution in [0.5, 0.6) is 5.75 Å². The molecule has 1 aromatic heterocycles. The fraction of sp³-hybridized carbons (Fsp3) is 0.286. The minimum atomic E-state index is -0.106. The Kier molecular flexibility index (Phi) is 4.57. The monoisotopic (exact) mass is 370 g/mol. The molecule has 1 heterocycles. The fourth-order valence-corrected chi connectivity index (χ4v) is 2.52. The van der Waals surface area contributed by atoms with E-state index in [0.29, 0.717) is 9.39 Å². The number of ether oxygens (including phenoxy) is 1. The summed E-state index contributed by atoms with van der Waals surface area (Å²) in [7, 11) is 0. The van der Waals surface area contributed by atoms with E-state index in [0.717, 1.165) is 11.4 Å². The number of aromatic amines is 1. The molecular weight excluding hydrogens is 355 g/mol. The molecule has 0 saturated carbocycles. The molecule has 0 spiro atoms. The Morgan fingerprint density at radius 2 is 2.00 bits per heavy atom. The van der Waals surface area contributed by atoms with Gasteiger partial charge in [0.1, 0.15) is 18.2 Å². The van der Waals surface area contributed by atoms with Gasteiger partial charge in [0.25, 0.3) is 5.56 Å². The summed E-state index contributed by atoms with van der Waals surface area (Å²) in [6, 6.07) is 9.47. The second-order valence-corrected chi connectivity index (χ2v) is 5.55. The molecule has 0 fully saturated rings. The number of hydrogen-bond donors (Lipinski definition) is 1. The number of benzene rings is 1. The molecule has 1 N–H and O–H groups in total. The average molecular weight is 370 g/mol. The first-order valence-electron chi connectivity index (χ1n) is 6.04. The summed E-state index contributed by atoms with van der Waals surface area (Å²) in [5.41, 5.74) is 0.710. The largest absolute Gasteiger partial charge is 0.486 e. The molecule has 0 unspecified atom stereocenters. The Labute approximate surface area is 125 Å². The predicted octanol–water partition coefficient (Wildman–Crippen LogP) is 3.08. The van der Waals surface area contributed by atoms with Gasteiger partial charge in [-0.15, -0.1) is 0 Å². The zero-order valence-electron chi connectivity index (χ0n) is 10.8. The highest BCUT2D eigenvalue weighted by Crippen LogP contribution is 2.16. The van der Waals surface area contributed by atoms with Crippen molar-refractivity contribution in [1.29, 1.82) is 0 Å². The van der Waals surface area contributed by atoms with Crippen LogP contribution in [0.2, 0.25) is 0 Å². The van der Waals surface area contributed by atoms with Gasteiger partial charge in [0.2, 0.25) is 0 Å². The summed E-state index contributed by atoms with van der Waals surface area (Å²) in [5, 5.41) is 0. The molecule has 100 valence electrons. The van der Waals surface area contributed by atoms with E-state index >= 15 is 0 Å². The maximum Gasteiger partial charge on any atom is 0.264 e. The van der Waals surface area contributed by atoms with E-state index in [1.54, 1.807) is 0 Å². The van der Waals surface area contributed by atoms with E-state index < -0.39 is 0 Å². The Bertz CT molecular complexity index is 609. The molecule has 0 amide bonds. The van der Waals surface area contributed by atoms with Crippen LogP contribution in [0.4, 0.5) is 0 Å². The quantitative estimate of drug-likeness (QED) is 0.842. The fourth-order valence-electron chi connectivity index (χ4n) is 1.64. The van der Waals surface area contributed by atoms with Crippen LogP contribution in [-0.2, 0) is 6.61 Å². The molecule has 5 heteroatoms. The van der Waals surface area contributed by atoms with E-state index in [2.05, 4.69) is 9.97 Å². The molecule has 4 nitrogen and oxygen atoms in total. The van der Waals surface area contributed by atoms with E-state index in [1.165, 1.54) is 0 Å². The van der Waals surface area contributed by atoms with Crippen LogP contribution < -0.4 is 10.3 Å². The smallest absolute Gasteiger partial charge is 0.264 e. The third-order valence-corrected chi connectivity index (χ3v) is 3.65. The zero-order chi connectivity index (χ0) is 13.8. The lowest BCUT2D eigenvalue weighted by Gasteiger charge is -2.10. The zero-order valence-corrected chi connectivity index (χ0v) is 13.0. The molecule has 0 atom stereocenters. The summed E-state index contributed by atoms with van der Waals surface area (Å²) in [6.07, 6.45) is 0. The predicted molar refractivity (Wildman–Crippen MR) is 82.4 cm³/mol. The minimum absolute atomic E-state index is 0.106. The van der Waals surface area contributed by atoms with Gasteiger partial charge in [-0.3, -0.25) is 4.79 Å². The number of halogens is 1. The van der Waals surface area contributed by atoms with Crippen LogP contribution in [0.3, 0.4) is 0 Å². The maximum atomic E-state index is 11.8. The van der Waals surface area contributed by atoms with Crippen LogP contribution in [-0.4, -0.2) is 9.97 Å². The van der Waals surface area contributed by atoms with Crippen molar-refractivity contribution in [2.75, 3.05) is 0 Å². The molecule has 19 heavy (non-hydrogen) atoms. The van der Waals surface area contributed by atoms with Gasteiger partial charge in [0.15, 0.2) is 0 Å². The summed E-state index contributed by atoms with van der Waals surface area (Å²) in [6.45, 7) is 4.30. The Morgan fingerprint density at radius 3 is 2.63 bits per heavy atom. The van der Waals surface area contributed by atoms with Crippen molar-refractivity contribution in [2.45, 2.75) is 26.4 Å². The maximum absolute atomic E-state index is 11.8. The van der Waals surface area contributed by atoms with Crippen LogP contribution in [0.25, 0.3) is 0 Å². The number of para-hydroxylation sites is 1. The summed E-state index contributed by atoms with van der Waals surface area (Å²) in [5.74, 6) is 1.53. The first kappa shape index (κ1) is 14.0. The second-order valence-electron chi connectivity index (χ2n) is 4.47. The van der Waals surface area contributed by atoms with Gasteiger partial charge in [-0.25, -0.2) is 4.98 Å². The Hall–Kier alpha value is -1.37. The number of aromatic nitrogens is 2. The molecule has 0 radical (unpaired) electrons. The minimum Gasteiger partial charge on any atom is -0.486 e. The van der Waals surface area contributed by atoms with E-state index in [-0.39, 0.29) is 18.1 Å². The number of rotatable bonds is 4. The summed E-state index contributed by atoms with van der Waals surface area (Å²) in [4.78, 5) is 19.0. The van der Waals surface area contributed by atoms with E-state index in [9.17, 15) is 4.79 Å². The highest BCUT2D eigenvalue weighted by molar-refractivity contribution is 14.1. The Morgan fingerprint density at radius 1 is 1.32 bits per heavy atom. The van der Waals surface area contributed by atoms with Crippen LogP contribution >= 0.6 is 22.6 Å². The van der Waals surface area contributed by atoms with Crippen molar-refractivity contribution in [3.05, 3.63) is 55.8 Å². The highest BCUT2D eigenvalue weighted by Gasteiger charge is 2.12. The lowest BCUT2D eigenvalue weighted by atomic mass is 10.1. The van der Waals surface area contributed by atoms with Crippen LogP contribution in [0.15, 0.2) is 35.1 Å². The lowest BCUT2D eigenvalue weighted by Crippen LogP contribution is -2.20. The molecule has 2 aromatic rings. The Balaban J connectivity index is 2.20. The average Bonchev–Trinajstić information content (AvgIpc) is 2.41.